The molecule has 234 valence electrons. The lowest BCUT2D eigenvalue weighted by molar-refractivity contribution is -0.277. The molecule has 1 aromatic rings. The molecular weight excluding hydrogens is 572 g/mol. The normalized spacial score (nSPS) is 29.1. The van der Waals surface area contributed by atoms with E-state index in [1.54, 1.807) is 20.8 Å². The van der Waals surface area contributed by atoms with E-state index in [1.165, 1.54) is 35.4 Å². The number of fused-ring (bicyclic) bond motifs is 1. The monoisotopic (exact) mass is 606 g/mol. The summed E-state index contributed by atoms with van der Waals surface area (Å²) in [6.45, 7) is 4.28. The van der Waals surface area contributed by atoms with E-state index in [4.69, 9.17) is 14.2 Å². The Labute approximate surface area is 245 Å². The lowest BCUT2D eigenvalue weighted by Gasteiger charge is -2.39. The Hall–Kier alpha value is -4.02. The number of carbonyl (C=O) groups is 3. The zero-order chi connectivity index (χ0) is 31.8. The average molecular weight is 607 g/mol. The van der Waals surface area contributed by atoms with Crippen molar-refractivity contribution in [3.05, 3.63) is 41.6 Å². The standard InChI is InChI=1S/C28H34N2O13/c1-28(2,3)43-26(40)15-7-12(6-14(29-15)24(36)37)4-5-30-16-10-18(32)19(9-13(16)8-17(30)25(38)39)41-27-23(35)22(34)21(33)20(11-31)42-27/h4-5,7,9-10,14,17,20-23,27,31-35H,6,8,11H2,1-3H3,(H,36,37)(H,38,39)/b5-4+/t14-,17-,20+,21+,22-,23+,27+/m0/s1. The van der Waals surface area contributed by atoms with Crippen molar-refractivity contribution < 1.29 is 64.3 Å². The molecule has 0 spiro atoms. The van der Waals surface area contributed by atoms with Gasteiger partial charge in [-0.1, -0.05) is 0 Å². The number of hydrogen-bond acceptors (Lipinski definition) is 13. The molecule has 43 heavy (non-hydrogen) atoms. The molecule has 1 saturated heterocycles. The smallest absolute Gasteiger partial charge is 0.357 e. The van der Waals surface area contributed by atoms with Gasteiger partial charge in [0.25, 0.3) is 0 Å². The molecule has 4 rings (SSSR count). The van der Waals surface area contributed by atoms with Gasteiger partial charge in [0, 0.05) is 30.8 Å². The lowest BCUT2D eigenvalue weighted by Crippen LogP contribution is -2.60. The quantitative estimate of drug-likeness (QED) is 0.184. The van der Waals surface area contributed by atoms with Crippen molar-refractivity contribution >= 4 is 29.3 Å². The Balaban J connectivity index is 1.61. The minimum atomic E-state index is -1.73. The number of aromatic hydroxyl groups is 1. The van der Waals surface area contributed by atoms with Gasteiger partial charge in [0.1, 0.15) is 41.8 Å². The van der Waals surface area contributed by atoms with Crippen LogP contribution in [0.2, 0.25) is 0 Å². The van der Waals surface area contributed by atoms with Crippen molar-refractivity contribution in [2.24, 2.45) is 4.99 Å². The van der Waals surface area contributed by atoms with E-state index in [0.29, 0.717) is 11.1 Å². The molecule has 15 nitrogen and oxygen atoms in total. The molecule has 0 aliphatic carbocycles. The molecule has 7 atom stereocenters. The van der Waals surface area contributed by atoms with Crippen LogP contribution in [-0.2, 0) is 30.3 Å². The Kier molecular flexibility index (Phi) is 9.13. The molecule has 1 aromatic carbocycles. The van der Waals surface area contributed by atoms with E-state index in [-0.39, 0.29) is 30.0 Å². The van der Waals surface area contributed by atoms with Gasteiger partial charge in [-0.25, -0.2) is 14.4 Å². The third-order valence-electron chi connectivity index (χ3n) is 6.95. The van der Waals surface area contributed by atoms with E-state index in [0.717, 1.165) is 0 Å². The van der Waals surface area contributed by atoms with E-state index < -0.39 is 78.7 Å². The van der Waals surface area contributed by atoms with Gasteiger partial charge < -0.3 is 54.9 Å². The Morgan fingerprint density at radius 2 is 1.77 bits per heavy atom. The van der Waals surface area contributed by atoms with Gasteiger partial charge in [0.15, 0.2) is 17.5 Å². The summed E-state index contributed by atoms with van der Waals surface area (Å²) >= 11 is 0. The number of aliphatic imine (C=N–C) groups is 1. The Bertz CT molecular complexity index is 1360. The molecule has 0 unspecified atom stereocenters. The molecule has 7 N–H and O–H groups in total. The number of carbonyl (C=O) groups excluding carboxylic acids is 1. The fourth-order valence-electron chi connectivity index (χ4n) is 4.84. The topological polar surface area (TPSA) is 236 Å². The van der Waals surface area contributed by atoms with Crippen LogP contribution in [0.5, 0.6) is 11.5 Å². The van der Waals surface area contributed by atoms with Gasteiger partial charge >= 0.3 is 17.9 Å². The van der Waals surface area contributed by atoms with Gasteiger partial charge in [-0.2, -0.15) is 0 Å². The summed E-state index contributed by atoms with van der Waals surface area (Å²) in [5.74, 6) is -3.95. The molecule has 0 amide bonds. The number of aliphatic hydroxyl groups is 4. The minimum Gasteiger partial charge on any atom is -0.504 e. The van der Waals surface area contributed by atoms with E-state index in [1.807, 2.05) is 0 Å². The molecule has 3 aliphatic rings. The predicted octanol–water partition coefficient (Wildman–Crippen LogP) is -0.534. The number of allylic oxidation sites excluding steroid dienone is 1. The van der Waals surface area contributed by atoms with Crippen molar-refractivity contribution in [2.45, 2.75) is 82.0 Å². The van der Waals surface area contributed by atoms with Crippen molar-refractivity contribution in [2.75, 3.05) is 11.5 Å². The highest BCUT2D eigenvalue weighted by Crippen LogP contribution is 2.42. The van der Waals surface area contributed by atoms with Crippen LogP contribution in [0.4, 0.5) is 5.69 Å². The van der Waals surface area contributed by atoms with Crippen LogP contribution in [0.15, 0.2) is 41.1 Å². The first-order chi connectivity index (χ1) is 20.1. The Morgan fingerprint density at radius 3 is 2.37 bits per heavy atom. The van der Waals surface area contributed by atoms with E-state index in [2.05, 4.69) is 4.99 Å². The number of nitrogens with zero attached hydrogens (tertiary/aromatic N) is 2. The number of esters is 1. The number of aliphatic hydroxyl groups excluding tert-OH is 4. The number of carboxylic acid groups (broad SMARTS) is 2. The molecule has 15 heteroatoms. The molecule has 0 bridgehead atoms. The van der Waals surface area contributed by atoms with Crippen LogP contribution in [0, 0.1) is 0 Å². The zero-order valence-electron chi connectivity index (χ0n) is 23.5. The number of phenols is 1. The van der Waals surface area contributed by atoms with Gasteiger partial charge in [-0.05, 0) is 50.1 Å². The minimum absolute atomic E-state index is 0.0399. The van der Waals surface area contributed by atoms with Gasteiger partial charge in [-0.15, -0.1) is 0 Å². The van der Waals surface area contributed by atoms with Gasteiger partial charge in [-0.3, -0.25) is 4.99 Å². The highest BCUT2D eigenvalue weighted by Gasteiger charge is 2.45. The van der Waals surface area contributed by atoms with E-state index in [9.17, 15) is 50.1 Å². The lowest BCUT2D eigenvalue weighted by atomic mass is 9.99. The number of anilines is 1. The Morgan fingerprint density at radius 1 is 1.07 bits per heavy atom. The second kappa shape index (κ2) is 12.3. The number of carboxylic acids is 2. The van der Waals surface area contributed by atoms with Gasteiger partial charge in [0.05, 0.1) is 6.61 Å². The average Bonchev–Trinajstić information content (AvgIpc) is 3.28. The maximum Gasteiger partial charge on any atom is 0.357 e. The third kappa shape index (κ3) is 6.97. The number of benzene rings is 1. The number of rotatable bonds is 8. The molecule has 3 heterocycles. The molecule has 0 saturated carbocycles. The number of phenolic OH excluding ortho intramolecular Hbond substituents is 1. The van der Waals surface area contributed by atoms with Gasteiger partial charge in [0.2, 0.25) is 6.29 Å². The van der Waals surface area contributed by atoms with Crippen LogP contribution in [0.1, 0.15) is 32.8 Å². The van der Waals surface area contributed by atoms with Crippen molar-refractivity contribution in [3.8, 4) is 11.5 Å². The molecule has 0 radical (unpaired) electrons. The summed E-state index contributed by atoms with van der Waals surface area (Å²) in [5, 5.41) is 69.9. The summed E-state index contributed by atoms with van der Waals surface area (Å²) in [6.07, 6.45) is -3.77. The third-order valence-corrected chi connectivity index (χ3v) is 6.95. The first-order valence-corrected chi connectivity index (χ1v) is 13.4. The van der Waals surface area contributed by atoms with Crippen molar-refractivity contribution in [1.82, 2.24) is 0 Å². The molecule has 1 fully saturated rings. The highest BCUT2D eigenvalue weighted by atomic mass is 16.7. The maximum absolute atomic E-state index is 12.6. The zero-order valence-corrected chi connectivity index (χ0v) is 23.5. The van der Waals surface area contributed by atoms with Crippen molar-refractivity contribution in [1.29, 1.82) is 0 Å². The number of hydrogen-bond donors (Lipinski definition) is 7. The maximum atomic E-state index is 12.6. The van der Waals surface area contributed by atoms with Crippen LogP contribution < -0.4 is 9.64 Å². The second-order valence-electron chi connectivity index (χ2n) is 11.3. The van der Waals surface area contributed by atoms with Crippen LogP contribution in [0.3, 0.4) is 0 Å². The first kappa shape index (κ1) is 31.9. The summed E-state index contributed by atoms with van der Waals surface area (Å²) in [5.41, 5.74) is 0.0344. The van der Waals surface area contributed by atoms with Crippen LogP contribution in [-0.4, -0.2) is 114 Å². The highest BCUT2D eigenvalue weighted by molar-refractivity contribution is 6.41. The number of ether oxygens (including phenoxy) is 3. The first-order valence-electron chi connectivity index (χ1n) is 13.4. The molecule has 0 aromatic heterocycles. The fraction of sp³-hybridized carbons (Fsp3) is 0.500. The van der Waals surface area contributed by atoms with E-state index >= 15 is 0 Å². The number of aliphatic carboxylic acids is 2. The molecular formula is C28H34N2O13. The molecule has 3 aliphatic heterocycles. The second-order valence-corrected chi connectivity index (χ2v) is 11.3. The van der Waals surface area contributed by atoms with Crippen LogP contribution >= 0.6 is 0 Å². The predicted molar refractivity (Wildman–Crippen MR) is 147 cm³/mol. The largest absolute Gasteiger partial charge is 0.504 e. The van der Waals surface area contributed by atoms with Crippen LogP contribution in [0.25, 0.3) is 0 Å². The summed E-state index contributed by atoms with van der Waals surface area (Å²) in [6, 6.07) is 0.167. The summed E-state index contributed by atoms with van der Waals surface area (Å²) in [7, 11) is 0. The fourth-order valence-corrected chi connectivity index (χ4v) is 4.84. The SMILES string of the molecule is CC(C)(C)OC(=O)C1=N[C@H](C(=O)O)CC(/C=C/N2c3cc(O)c(O[C@@H]4O[C@H](CO)[C@@H](O)[C@H](O)[C@H]4O)cc3C[C@H]2C(=O)O)=C1. The number of dihydropyridines is 1. The summed E-state index contributed by atoms with van der Waals surface area (Å²) in [4.78, 5) is 41.8. The summed E-state index contributed by atoms with van der Waals surface area (Å²) < 4.78 is 16.2. The van der Waals surface area contributed by atoms with Crippen molar-refractivity contribution in [3.63, 3.8) is 0 Å².